The summed E-state index contributed by atoms with van der Waals surface area (Å²) in [6, 6.07) is 5.85. The Hall–Kier alpha value is -1.69. The van der Waals surface area contributed by atoms with Crippen LogP contribution >= 0.6 is 15.9 Å². The maximum absolute atomic E-state index is 13.0. The van der Waals surface area contributed by atoms with Gasteiger partial charge in [0.15, 0.2) is 0 Å². The zero-order valence-corrected chi connectivity index (χ0v) is 10.5. The summed E-state index contributed by atoms with van der Waals surface area (Å²) < 4.78 is 19.0. The van der Waals surface area contributed by atoms with Crippen LogP contribution in [-0.2, 0) is 0 Å². The van der Waals surface area contributed by atoms with Gasteiger partial charge in [0.25, 0.3) is 0 Å². The molecule has 0 unspecified atom stereocenters. The summed E-state index contributed by atoms with van der Waals surface area (Å²) in [7, 11) is 1.74. The molecule has 0 atom stereocenters. The van der Waals surface area contributed by atoms with E-state index < -0.39 is 0 Å². The number of anilines is 1. The molecule has 6 heteroatoms. The van der Waals surface area contributed by atoms with Gasteiger partial charge in [0.05, 0.1) is 0 Å². The Balaban J connectivity index is 2.30. The Kier molecular flexibility index (Phi) is 3.53. The highest BCUT2D eigenvalue weighted by Crippen LogP contribution is 2.31. The first kappa shape index (κ1) is 11.8. The molecular formula is C11H9BrFN3O. The maximum atomic E-state index is 13.0. The topological polar surface area (TPSA) is 47.0 Å². The Morgan fingerprint density at radius 1 is 1.35 bits per heavy atom. The average molecular weight is 298 g/mol. The standard InChI is InChI=1S/C11H9BrFN3O/c1-14-10-9(12)11(16-6-15-10)17-8-4-2-3-7(13)5-8/h2-6H,1H3,(H,14,15,16). The van der Waals surface area contributed by atoms with Gasteiger partial charge in [-0.05, 0) is 28.1 Å². The molecule has 0 aliphatic rings. The lowest BCUT2D eigenvalue weighted by Crippen LogP contribution is -1.97. The van der Waals surface area contributed by atoms with Crippen LogP contribution in [0.4, 0.5) is 10.2 Å². The molecule has 2 aromatic rings. The molecule has 0 fully saturated rings. The van der Waals surface area contributed by atoms with Crippen molar-refractivity contribution in [2.75, 3.05) is 12.4 Å². The number of nitrogens with one attached hydrogen (secondary N) is 1. The van der Waals surface area contributed by atoms with Crippen molar-refractivity contribution in [1.29, 1.82) is 0 Å². The third kappa shape index (κ3) is 2.71. The van der Waals surface area contributed by atoms with Crippen LogP contribution in [0.3, 0.4) is 0 Å². The predicted octanol–water partition coefficient (Wildman–Crippen LogP) is 3.21. The van der Waals surface area contributed by atoms with Crippen molar-refractivity contribution in [1.82, 2.24) is 9.97 Å². The van der Waals surface area contributed by atoms with Crippen molar-refractivity contribution in [2.45, 2.75) is 0 Å². The van der Waals surface area contributed by atoms with Crippen molar-refractivity contribution in [2.24, 2.45) is 0 Å². The largest absolute Gasteiger partial charge is 0.438 e. The molecule has 88 valence electrons. The average Bonchev–Trinajstić information content (AvgIpc) is 2.32. The van der Waals surface area contributed by atoms with E-state index in [1.165, 1.54) is 18.5 Å². The molecule has 0 saturated heterocycles. The van der Waals surface area contributed by atoms with E-state index in [-0.39, 0.29) is 5.82 Å². The van der Waals surface area contributed by atoms with Crippen LogP contribution in [0.2, 0.25) is 0 Å². The van der Waals surface area contributed by atoms with Gasteiger partial charge in [-0.1, -0.05) is 6.07 Å². The number of hydrogen-bond acceptors (Lipinski definition) is 4. The fourth-order valence-corrected chi connectivity index (χ4v) is 1.73. The van der Waals surface area contributed by atoms with Crippen LogP contribution in [-0.4, -0.2) is 17.0 Å². The number of rotatable bonds is 3. The van der Waals surface area contributed by atoms with E-state index in [1.54, 1.807) is 19.2 Å². The molecule has 17 heavy (non-hydrogen) atoms. The third-order valence-corrected chi connectivity index (χ3v) is 2.72. The number of halogens is 2. The normalized spacial score (nSPS) is 10.1. The van der Waals surface area contributed by atoms with E-state index in [1.807, 2.05) is 0 Å². The predicted molar refractivity (Wildman–Crippen MR) is 65.8 cm³/mol. The van der Waals surface area contributed by atoms with Crippen molar-refractivity contribution in [3.8, 4) is 11.6 Å². The Labute approximate surface area is 106 Å². The summed E-state index contributed by atoms with van der Waals surface area (Å²) in [5.74, 6) is 0.953. The minimum Gasteiger partial charge on any atom is -0.438 e. The van der Waals surface area contributed by atoms with Gasteiger partial charge in [-0.25, -0.2) is 14.4 Å². The molecule has 0 spiro atoms. The van der Waals surface area contributed by atoms with Crippen LogP contribution in [0.25, 0.3) is 0 Å². The molecule has 2 rings (SSSR count). The van der Waals surface area contributed by atoms with Gasteiger partial charge in [-0.15, -0.1) is 0 Å². The van der Waals surface area contributed by atoms with Crippen LogP contribution < -0.4 is 10.1 Å². The first-order valence-corrected chi connectivity index (χ1v) is 5.61. The highest BCUT2D eigenvalue weighted by atomic mass is 79.9. The van der Waals surface area contributed by atoms with Crippen molar-refractivity contribution in [3.63, 3.8) is 0 Å². The number of nitrogens with zero attached hydrogens (tertiary/aromatic N) is 2. The second-order valence-corrected chi connectivity index (χ2v) is 3.94. The first-order valence-electron chi connectivity index (χ1n) is 4.82. The highest BCUT2D eigenvalue weighted by molar-refractivity contribution is 9.10. The molecule has 1 aromatic heterocycles. The second kappa shape index (κ2) is 5.09. The van der Waals surface area contributed by atoms with E-state index in [0.717, 1.165) is 0 Å². The summed E-state index contributed by atoms with van der Waals surface area (Å²) in [5.41, 5.74) is 0. The number of aromatic nitrogens is 2. The van der Waals surface area contributed by atoms with E-state index in [2.05, 4.69) is 31.2 Å². The van der Waals surface area contributed by atoms with Crippen molar-refractivity contribution in [3.05, 3.63) is 40.9 Å². The maximum Gasteiger partial charge on any atom is 0.238 e. The molecule has 0 radical (unpaired) electrons. The molecule has 0 aliphatic heterocycles. The fraction of sp³-hybridized carbons (Fsp3) is 0.0909. The van der Waals surface area contributed by atoms with Crippen LogP contribution in [0.1, 0.15) is 0 Å². The van der Waals surface area contributed by atoms with Crippen LogP contribution in [0.15, 0.2) is 35.1 Å². The second-order valence-electron chi connectivity index (χ2n) is 3.15. The zero-order valence-electron chi connectivity index (χ0n) is 8.95. The molecule has 0 saturated carbocycles. The Morgan fingerprint density at radius 3 is 2.88 bits per heavy atom. The number of benzene rings is 1. The lowest BCUT2D eigenvalue weighted by atomic mass is 10.3. The lowest BCUT2D eigenvalue weighted by Gasteiger charge is -2.08. The van der Waals surface area contributed by atoms with Crippen LogP contribution in [0, 0.1) is 5.82 Å². The van der Waals surface area contributed by atoms with E-state index in [9.17, 15) is 4.39 Å². The van der Waals surface area contributed by atoms with E-state index >= 15 is 0 Å². The summed E-state index contributed by atoms with van der Waals surface area (Å²) in [6.07, 6.45) is 1.37. The first-order chi connectivity index (χ1) is 8.20. The summed E-state index contributed by atoms with van der Waals surface area (Å²) in [4.78, 5) is 7.96. The van der Waals surface area contributed by atoms with Gasteiger partial charge >= 0.3 is 0 Å². The Morgan fingerprint density at radius 2 is 2.18 bits per heavy atom. The SMILES string of the molecule is CNc1ncnc(Oc2cccc(F)c2)c1Br. The van der Waals surface area contributed by atoms with Gasteiger partial charge in [0.1, 0.15) is 28.2 Å². The lowest BCUT2D eigenvalue weighted by molar-refractivity contribution is 0.454. The minimum atomic E-state index is -0.360. The molecular weight excluding hydrogens is 289 g/mol. The highest BCUT2D eigenvalue weighted by Gasteiger charge is 2.09. The van der Waals surface area contributed by atoms with Crippen molar-refractivity contribution < 1.29 is 9.13 Å². The monoisotopic (exact) mass is 297 g/mol. The van der Waals surface area contributed by atoms with E-state index in [0.29, 0.717) is 21.9 Å². The molecule has 1 heterocycles. The van der Waals surface area contributed by atoms with Gasteiger partial charge < -0.3 is 10.1 Å². The smallest absolute Gasteiger partial charge is 0.238 e. The quantitative estimate of drug-likeness (QED) is 0.945. The minimum absolute atomic E-state index is 0.329. The Bertz CT molecular complexity index is 536. The van der Waals surface area contributed by atoms with Crippen LogP contribution in [0.5, 0.6) is 11.6 Å². The molecule has 4 nitrogen and oxygen atoms in total. The van der Waals surface area contributed by atoms with Gasteiger partial charge in [0, 0.05) is 13.1 Å². The van der Waals surface area contributed by atoms with Gasteiger partial charge in [-0.2, -0.15) is 0 Å². The van der Waals surface area contributed by atoms with Crippen molar-refractivity contribution >= 4 is 21.7 Å². The third-order valence-electron chi connectivity index (χ3n) is 2.00. The number of hydrogen-bond donors (Lipinski definition) is 1. The molecule has 1 aromatic carbocycles. The summed E-state index contributed by atoms with van der Waals surface area (Å²) >= 11 is 3.31. The number of ether oxygens (including phenoxy) is 1. The summed E-state index contributed by atoms with van der Waals surface area (Å²) in [5, 5.41) is 2.88. The molecule has 1 N–H and O–H groups in total. The molecule has 0 amide bonds. The van der Waals surface area contributed by atoms with E-state index in [4.69, 9.17) is 4.74 Å². The zero-order chi connectivity index (χ0) is 12.3. The fourth-order valence-electron chi connectivity index (χ4n) is 1.24. The molecule has 0 aliphatic carbocycles. The van der Waals surface area contributed by atoms with Gasteiger partial charge in [0.2, 0.25) is 5.88 Å². The molecule has 0 bridgehead atoms. The summed E-state index contributed by atoms with van der Waals surface area (Å²) in [6.45, 7) is 0. The van der Waals surface area contributed by atoms with Gasteiger partial charge in [-0.3, -0.25) is 0 Å².